The number of esters is 1. The average molecular weight is 366 g/mol. The van der Waals surface area contributed by atoms with E-state index in [1.165, 1.54) is 11.3 Å². The van der Waals surface area contributed by atoms with Crippen LogP contribution in [0.15, 0.2) is 66.7 Å². The molecule has 2 N–H and O–H groups in total. The summed E-state index contributed by atoms with van der Waals surface area (Å²) in [5, 5.41) is 5.95. The first-order chi connectivity index (χ1) is 12.7. The quantitative estimate of drug-likeness (QED) is 0.607. The molecule has 3 rings (SSSR count). The van der Waals surface area contributed by atoms with E-state index in [0.717, 1.165) is 10.4 Å². The van der Waals surface area contributed by atoms with Crippen molar-refractivity contribution in [3.05, 3.63) is 72.3 Å². The second-order valence-electron chi connectivity index (χ2n) is 5.39. The number of para-hydroxylation sites is 1. The van der Waals surface area contributed by atoms with Gasteiger partial charge in [-0.1, -0.05) is 48.5 Å². The zero-order valence-corrected chi connectivity index (χ0v) is 15.0. The van der Waals surface area contributed by atoms with Gasteiger partial charge in [-0.05, 0) is 30.7 Å². The Morgan fingerprint density at radius 2 is 1.62 bits per heavy atom. The van der Waals surface area contributed by atoms with Gasteiger partial charge in [-0.25, -0.2) is 9.59 Å². The number of anilines is 2. The fraction of sp³-hybridized carbons (Fsp3) is 0.100. The molecule has 0 spiro atoms. The van der Waals surface area contributed by atoms with E-state index in [1.54, 1.807) is 25.1 Å². The SMILES string of the molecule is CCOC(=O)c1cc(-c2ccccc2)sc1NC(=O)Nc1ccccc1. The molecule has 26 heavy (non-hydrogen) atoms. The molecule has 0 unspecified atom stereocenters. The van der Waals surface area contributed by atoms with E-state index in [9.17, 15) is 9.59 Å². The molecule has 2 aromatic carbocycles. The number of thiophene rings is 1. The maximum atomic E-state index is 12.3. The van der Waals surface area contributed by atoms with Crippen LogP contribution in [0.5, 0.6) is 0 Å². The lowest BCUT2D eigenvalue weighted by molar-refractivity contribution is 0.0528. The zero-order chi connectivity index (χ0) is 18.4. The van der Waals surface area contributed by atoms with Crippen molar-refractivity contribution < 1.29 is 14.3 Å². The summed E-state index contributed by atoms with van der Waals surface area (Å²) in [6.45, 7) is 2.02. The number of carbonyl (C=O) groups excluding carboxylic acids is 2. The third kappa shape index (κ3) is 4.29. The van der Waals surface area contributed by atoms with E-state index in [2.05, 4.69) is 10.6 Å². The number of carbonyl (C=O) groups is 2. The first-order valence-electron chi connectivity index (χ1n) is 8.17. The molecular weight excluding hydrogens is 348 g/mol. The highest BCUT2D eigenvalue weighted by Crippen LogP contribution is 2.36. The molecular formula is C20H18N2O3S. The van der Waals surface area contributed by atoms with Gasteiger partial charge in [0.2, 0.25) is 0 Å². The van der Waals surface area contributed by atoms with Crippen LogP contribution in [0.4, 0.5) is 15.5 Å². The van der Waals surface area contributed by atoms with E-state index >= 15 is 0 Å². The van der Waals surface area contributed by atoms with Gasteiger partial charge in [0.1, 0.15) is 5.00 Å². The Balaban J connectivity index is 1.85. The number of benzene rings is 2. The minimum Gasteiger partial charge on any atom is -0.462 e. The second kappa shape index (κ2) is 8.31. The maximum Gasteiger partial charge on any atom is 0.341 e. The third-order valence-electron chi connectivity index (χ3n) is 3.54. The predicted octanol–water partition coefficient (Wildman–Crippen LogP) is 5.24. The van der Waals surface area contributed by atoms with Crippen LogP contribution in [-0.2, 0) is 4.74 Å². The van der Waals surface area contributed by atoms with Gasteiger partial charge in [-0.15, -0.1) is 11.3 Å². The molecule has 6 heteroatoms. The monoisotopic (exact) mass is 366 g/mol. The van der Waals surface area contributed by atoms with E-state index in [0.29, 0.717) is 16.3 Å². The number of nitrogens with one attached hydrogen (secondary N) is 2. The molecule has 0 saturated heterocycles. The van der Waals surface area contributed by atoms with Crippen LogP contribution in [0.2, 0.25) is 0 Å². The Labute approximate surface area is 155 Å². The van der Waals surface area contributed by atoms with Crippen molar-refractivity contribution in [2.75, 3.05) is 17.2 Å². The molecule has 0 bridgehead atoms. The van der Waals surface area contributed by atoms with Gasteiger partial charge in [0.05, 0.1) is 12.2 Å². The molecule has 132 valence electrons. The van der Waals surface area contributed by atoms with Crippen LogP contribution in [0.1, 0.15) is 17.3 Å². The molecule has 2 amide bonds. The highest BCUT2D eigenvalue weighted by molar-refractivity contribution is 7.20. The Bertz CT molecular complexity index is 892. The number of rotatable bonds is 5. The number of hydrogen-bond acceptors (Lipinski definition) is 4. The largest absolute Gasteiger partial charge is 0.462 e. The molecule has 0 saturated carbocycles. The lowest BCUT2D eigenvalue weighted by Crippen LogP contribution is -2.20. The van der Waals surface area contributed by atoms with Crippen molar-refractivity contribution in [2.24, 2.45) is 0 Å². The molecule has 0 radical (unpaired) electrons. The van der Waals surface area contributed by atoms with Crippen molar-refractivity contribution in [3.63, 3.8) is 0 Å². The van der Waals surface area contributed by atoms with Gasteiger partial charge in [-0.2, -0.15) is 0 Å². The predicted molar refractivity (Wildman–Crippen MR) is 105 cm³/mol. The van der Waals surface area contributed by atoms with Crippen LogP contribution in [0.3, 0.4) is 0 Å². The summed E-state index contributed by atoms with van der Waals surface area (Å²) < 4.78 is 5.11. The average Bonchev–Trinajstić information content (AvgIpc) is 3.07. The Hall–Kier alpha value is -3.12. The summed E-state index contributed by atoms with van der Waals surface area (Å²) in [5.74, 6) is -0.457. The number of urea groups is 1. The second-order valence-corrected chi connectivity index (χ2v) is 6.44. The van der Waals surface area contributed by atoms with Crippen molar-refractivity contribution in [3.8, 4) is 10.4 Å². The van der Waals surface area contributed by atoms with Gasteiger partial charge < -0.3 is 10.1 Å². The minimum absolute atomic E-state index is 0.269. The van der Waals surface area contributed by atoms with Crippen LogP contribution < -0.4 is 10.6 Å². The number of hydrogen-bond donors (Lipinski definition) is 2. The van der Waals surface area contributed by atoms with Crippen LogP contribution in [0, 0.1) is 0 Å². The number of amides is 2. The number of ether oxygens (including phenoxy) is 1. The maximum absolute atomic E-state index is 12.3. The summed E-state index contributed by atoms with van der Waals surface area (Å²) in [6.07, 6.45) is 0. The van der Waals surface area contributed by atoms with Crippen LogP contribution in [0.25, 0.3) is 10.4 Å². The Kier molecular flexibility index (Phi) is 5.66. The highest BCUT2D eigenvalue weighted by Gasteiger charge is 2.19. The molecule has 0 aliphatic carbocycles. The fourth-order valence-corrected chi connectivity index (χ4v) is 3.42. The lowest BCUT2D eigenvalue weighted by atomic mass is 10.1. The molecule has 0 aliphatic heterocycles. The van der Waals surface area contributed by atoms with Crippen molar-refractivity contribution in [1.29, 1.82) is 0 Å². The van der Waals surface area contributed by atoms with Crippen LogP contribution in [-0.4, -0.2) is 18.6 Å². The summed E-state index contributed by atoms with van der Waals surface area (Å²) in [7, 11) is 0. The summed E-state index contributed by atoms with van der Waals surface area (Å²) in [6, 6.07) is 20.1. The summed E-state index contributed by atoms with van der Waals surface area (Å²) in [5.41, 5.74) is 1.99. The van der Waals surface area contributed by atoms with Gasteiger partial charge in [0.25, 0.3) is 0 Å². The molecule has 3 aromatic rings. The fourth-order valence-electron chi connectivity index (χ4n) is 2.38. The standard InChI is InChI=1S/C20H18N2O3S/c1-2-25-19(23)16-13-17(14-9-5-3-6-10-14)26-18(16)22-20(24)21-15-11-7-4-8-12-15/h3-13H,2H2,1H3,(H2,21,22,24). The van der Waals surface area contributed by atoms with Gasteiger partial charge >= 0.3 is 12.0 Å². The first kappa shape index (κ1) is 17.7. The molecule has 0 atom stereocenters. The lowest BCUT2D eigenvalue weighted by Gasteiger charge is -2.07. The molecule has 0 fully saturated rings. The molecule has 5 nitrogen and oxygen atoms in total. The van der Waals surface area contributed by atoms with Crippen molar-refractivity contribution in [2.45, 2.75) is 6.92 Å². The van der Waals surface area contributed by atoms with Crippen molar-refractivity contribution in [1.82, 2.24) is 0 Å². The normalized spacial score (nSPS) is 10.2. The van der Waals surface area contributed by atoms with Crippen molar-refractivity contribution >= 4 is 34.0 Å². The zero-order valence-electron chi connectivity index (χ0n) is 14.2. The molecule has 0 aliphatic rings. The highest BCUT2D eigenvalue weighted by atomic mass is 32.1. The summed E-state index contributed by atoms with van der Waals surface area (Å²) >= 11 is 1.33. The van der Waals surface area contributed by atoms with Gasteiger partial charge in [-0.3, -0.25) is 5.32 Å². The topological polar surface area (TPSA) is 67.4 Å². The third-order valence-corrected chi connectivity index (χ3v) is 4.64. The smallest absolute Gasteiger partial charge is 0.341 e. The van der Waals surface area contributed by atoms with E-state index in [1.807, 2.05) is 48.5 Å². The van der Waals surface area contributed by atoms with Gasteiger partial charge in [0, 0.05) is 10.6 Å². The summed E-state index contributed by atoms with van der Waals surface area (Å²) in [4.78, 5) is 25.4. The first-order valence-corrected chi connectivity index (χ1v) is 8.98. The minimum atomic E-state index is -0.457. The Morgan fingerprint density at radius 3 is 2.27 bits per heavy atom. The van der Waals surface area contributed by atoms with E-state index in [-0.39, 0.29) is 6.61 Å². The van der Waals surface area contributed by atoms with E-state index in [4.69, 9.17) is 4.74 Å². The van der Waals surface area contributed by atoms with E-state index < -0.39 is 12.0 Å². The van der Waals surface area contributed by atoms with Crippen LogP contribution >= 0.6 is 11.3 Å². The van der Waals surface area contributed by atoms with Gasteiger partial charge in [0.15, 0.2) is 0 Å². The Morgan fingerprint density at radius 1 is 0.962 bits per heavy atom. The molecule has 1 aromatic heterocycles. The molecule has 1 heterocycles.